The highest BCUT2D eigenvalue weighted by Gasteiger charge is 2.01. The highest BCUT2D eigenvalue weighted by molar-refractivity contribution is 7.99. The van der Waals surface area contributed by atoms with Gasteiger partial charge in [-0.3, -0.25) is 15.6 Å². The third-order valence-corrected chi connectivity index (χ3v) is 2.86. The lowest BCUT2D eigenvalue weighted by Crippen LogP contribution is -2.44. The van der Waals surface area contributed by atoms with E-state index in [1.807, 2.05) is 37.3 Å². The number of carbonyl (C=O) groups excluding carboxylic acids is 1. The van der Waals surface area contributed by atoms with Crippen molar-refractivity contribution < 1.29 is 4.79 Å². The van der Waals surface area contributed by atoms with E-state index in [0.29, 0.717) is 10.9 Å². The lowest BCUT2D eigenvalue weighted by atomic mass is 10.3. The molecule has 0 fully saturated rings. The summed E-state index contributed by atoms with van der Waals surface area (Å²) in [5.74, 6) is 1.26. The van der Waals surface area contributed by atoms with E-state index in [4.69, 9.17) is 12.2 Å². The van der Waals surface area contributed by atoms with Gasteiger partial charge in [0.15, 0.2) is 5.11 Å². The number of amides is 1. The Labute approximate surface area is 111 Å². The van der Waals surface area contributed by atoms with E-state index in [1.165, 1.54) is 0 Å². The van der Waals surface area contributed by atoms with Crippen LogP contribution in [0.5, 0.6) is 0 Å². The predicted octanol–water partition coefficient (Wildman–Crippen LogP) is 1.76. The Morgan fingerprint density at radius 2 is 2.00 bits per heavy atom. The molecule has 0 saturated carbocycles. The Hall–Kier alpha value is -1.27. The molecule has 17 heavy (non-hydrogen) atoms. The quantitative estimate of drug-likeness (QED) is 0.574. The van der Waals surface area contributed by atoms with Gasteiger partial charge in [-0.15, -0.1) is 0 Å². The summed E-state index contributed by atoms with van der Waals surface area (Å²) in [5, 5.41) is 3.32. The van der Waals surface area contributed by atoms with E-state index in [9.17, 15) is 4.79 Å². The molecule has 4 nitrogen and oxygen atoms in total. The molecule has 0 aliphatic heterocycles. The van der Waals surface area contributed by atoms with Crippen LogP contribution in [0.4, 0.5) is 5.69 Å². The fourth-order valence-electron chi connectivity index (χ4n) is 1.04. The van der Waals surface area contributed by atoms with Gasteiger partial charge in [-0.25, -0.2) is 0 Å². The van der Waals surface area contributed by atoms with E-state index in [1.54, 1.807) is 11.8 Å². The summed E-state index contributed by atoms with van der Waals surface area (Å²) >= 11 is 6.58. The zero-order valence-corrected chi connectivity index (χ0v) is 11.2. The number of thiocarbonyl (C=S) groups is 1. The van der Waals surface area contributed by atoms with E-state index in [2.05, 4.69) is 16.2 Å². The van der Waals surface area contributed by atoms with Crippen LogP contribution in [0.1, 0.15) is 6.92 Å². The molecule has 0 spiro atoms. The Kier molecular flexibility index (Phi) is 6.42. The molecular weight excluding hydrogens is 254 g/mol. The van der Waals surface area contributed by atoms with Crippen molar-refractivity contribution in [3.63, 3.8) is 0 Å². The monoisotopic (exact) mass is 269 g/mol. The van der Waals surface area contributed by atoms with Crippen LogP contribution in [0, 0.1) is 0 Å². The van der Waals surface area contributed by atoms with Gasteiger partial charge in [0.2, 0.25) is 5.91 Å². The fraction of sp³-hybridized carbons (Fsp3) is 0.273. The third-order valence-electron chi connectivity index (χ3n) is 1.78. The molecule has 0 atom stereocenters. The van der Waals surface area contributed by atoms with E-state index in [-0.39, 0.29) is 5.91 Å². The SMILES string of the molecule is CCSCC(=O)NNC(=S)Nc1ccccc1. The van der Waals surface area contributed by atoms with Gasteiger partial charge in [0.25, 0.3) is 0 Å². The molecule has 6 heteroatoms. The number of thioether (sulfide) groups is 1. The van der Waals surface area contributed by atoms with Crippen LogP contribution in [0.3, 0.4) is 0 Å². The van der Waals surface area contributed by atoms with Gasteiger partial charge in [-0.2, -0.15) is 11.8 Å². The minimum atomic E-state index is -0.0888. The molecule has 0 radical (unpaired) electrons. The Bertz CT molecular complexity index is 370. The highest BCUT2D eigenvalue weighted by Crippen LogP contribution is 2.03. The Balaban J connectivity index is 2.24. The second-order valence-electron chi connectivity index (χ2n) is 3.13. The van der Waals surface area contributed by atoms with Gasteiger partial charge in [-0.1, -0.05) is 25.1 Å². The molecule has 0 bridgehead atoms. The molecule has 92 valence electrons. The summed E-state index contributed by atoms with van der Waals surface area (Å²) in [7, 11) is 0. The number of nitrogens with one attached hydrogen (secondary N) is 3. The highest BCUT2D eigenvalue weighted by atomic mass is 32.2. The van der Waals surface area contributed by atoms with Crippen LogP contribution in [-0.4, -0.2) is 22.5 Å². The van der Waals surface area contributed by atoms with E-state index >= 15 is 0 Å². The smallest absolute Gasteiger partial charge is 0.248 e. The third kappa shape index (κ3) is 6.13. The maximum Gasteiger partial charge on any atom is 0.248 e. The molecule has 1 amide bonds. The standard InChI is InChI=1S/C11H15N3OS2/c1-2-17-8-10(15)13-14-11(16)12-9-6-4-3-5-7-9/h3-7H,2,8H2,1H3,(H,13,15)(H2,12,14,16). The summed E-state index contributed by atoms with van der Waals surface area (Å²) in [6, 6.07) is 9.51. The van der Waals surface area contributed by atoms with Gasteiger partial charge >= 0.3 is 0 Å². The summed E-state index contributed by atoms with van der Waals surface area (Å²) in [6.07, 6.45) is 0. The van der Waals surface area contributed by atoms with Crippen LogP contribution in [0.2, 0.25) is 0 Å². The van der Waals surface area contributed by atoms with Crippen molar-refractivity contribution in [2.24, 2.45) is 0 Å². The van der Waals surface area contributed by atoms with Crippen LogP contribution in [-0.2, 0) is 4.79 Å². The molecule has 0 aromatic heterocycles. The van der Waals surface area contributed by atoms with Gasteiger partial charge in [0.05, 0.1) is 5.75 Å². The second-order valence-corrected chi connectivity index (χ2v) is 4.81. The number of hydrazine groups is 1. The van der Waals surface area contributed by atoms with Crippen molar-refractivity contribution in [2.75, 3.05) is 16.8 Å². The lowest BCUT2D eigenvalue weighted by molar-refractivity contribution is -0.119. The Morgan fingerprint density at radius 3 is 2.65 bits per heavy atom. The molecule has 0 aliphatic rings. The maximum absolute atomic E-state index is 11.3. The number of hydrogen-bond acceptors (Lipinski definition) is 3. The second kappa shape index (κ2) is 7.92. The minimum Gasteiger partial charge on any atom is -0.331 e. The summed E-state index contributed by atoms with van der Waals surface area (Å²) < 4.78 is 0. The largest absolute Gasteiger partial charge is 0.331 e. The van der Waals surface area contributed by atoms with Gasteiger partial charge in [0, 0.05) is 5.69 Å². The average Bonchev–Trinajstić information content (AvgIpc) is 2.35. The molecule has 0 saturated heterocycles. The molecule has 0 heterocycles. The van der Waals surface area contributed by atoms with Crippen molar-refractivity contribution in [3.8, 4) is 0 Å². The van der Waals surface area contributed by atoms with Crippen LogP contribution in [0.15, 0.2) is 30.3 Å². The van der Waals surface area contributed by atoms with Crippen molar-refractivity contribution >= 4 is 40.7 Å². The zero-order valence-electron chi connectivity index (χ0n) is 9.53. The first-order valence-corrected chi connectivity index (χ1v) is 6.77. The number of hydrogen-bond donors (Lipinski definition) is 3. The van der Waals surface area contributed by atoms with Gasteiger partial charge in [0.1, 0.15) is 0 Å². The number of carbonyl (C=O) groups is 1. The maximum atomic E-state index is 11.3. The summed E-state index contributed by atoms with van der Waals surface area (Å²) in [6.45, 7) is 2.01. The first kappa shape index (κ1) is 13.8. The van der Waals surface area contributed by atoms with Crippen molar-refractivity contribution in [3.05, 3.63) is 30.3 Å². The van der Waals surface area contributed by atoms with E-state index < -0.39 is 0 Å². The fourth-order valence-corrected chi connectivity index (χ4v) is 1.67. The predicted molar refractivity (Wildman–Crippen MR) is 76.9 cm³/mol. The van der Waals surface area contributed by atoms with Crippen LogP contribution in [0.25, 0.3) is 0 Å². The molecular formula is C11H15N3OS2. The zero-order chi connectivity index (χ0) is 12.5. The summed E-state index contributed by atoms with van der Waals surface area (Å²) in [4.78, 5) is 11.3. The minimum absolute atomic E-state index is 0.0888. The first-order chi connectivity index (χ1) is 8.22. The lowest BCUT2D eigenvalue weighted by Gasteiger charge is -2.11. The number of anilines is 1. The van der Waals surface area contributed by atoms with E-state index in [0.717, 1.165) is 11.4 Å². The molecule has 1 aromatic carbocycles. The van der Waals surface area contributed by atoms with Crippen molar-refractivity contribution in [1.82, 2.24) is 10.9 Å². The molecule has 1 aromatic rings. The molecule has 0 unspecified atom stereocenters. The normalized spacial score (nSPS) is 9.47. The topological polar surface area (TPSA) is 53.2 Å². The average molecular weight is 269 g/mol. The first-order valence-electron chi connectivity index (χ1n) is 5.21. The summed E-state index contributed by atoms with van der Waals surface area (Å²) in [5.41, 5.74) is 6.05. The van der Waals surface area contributed by atoms with Crippen molar-refractivity contribution in [1.29, 1.82) is 0 Å². The van der Waals surface area contributed by atoms with Gasteiger partial charge < -0.3 is 5.32 Å². The number of para-hydroxylation sites is 1. The van der Waals surface area contributed by atoms with Gasteiger partial charge in [-0.05, 0) is 30.1 Å². The number of benzene rings is 1. The molecule has 1 rings (SSSR count). The molecule has 0 aliphatic carbocycles. The molecule has 3 N–H and O–H groups in total. The van der Waals surface area contributed by atoms with Crippen LogP contribution >= 0.6 is 24.0 Å². The Morgan fingerprint density at radius 1 is 1.29 bits per heavy atom. The number of rotatable bonds is 4. The van der Waals surface area contributed by atoms with Crippen LogP contribution < -0.4 is 16.2 Å². The van der Waals surface area contributed by atoms with Crippen molar-refractivity contribution in [2.45, 2.75) is 6.92 Å².